The lowest BCUT2D eigenvalue weighted by atomic mass is 10.3. The van der Waals surface area contributed by atoms with Gasteiger partial charge in [-0.25, -0.2) is 4.98 Å². The summed E-state index contributed by atoms with van der Waals surface area (Å²) in [5.74, 6) is 0.277. The quantitative estimate of drug-likeness (QED) is 0.757. The summed E-state index contributed by atoms with van der Waals surface area (Å²) in [6.07, 6.45) is 2.46. The van der Waals surface area contributed by atoms with Gasteiger partial charge in [0.05, 0.1) is 19.5 Å². The Bertz CT molecular complexity index is 461. The number of halogens is 1. The number of aromatic nitrogens is 1. The summed E-state index contributed by atoms with van der Waals surface area (Å²) in [4.78, 5) is 3.91. The monoisotopic (exact) mass is 265 g/mol. The Morgan fingerprint density at radius 1 is 1.50 bits per heavy atom. The standard InChI is InChI=1S/C9H12ClNO4S/c1-3-14-9-8(10)7(4-5-11-9)6-15-16(2,12)13/h4-5H,3,6H2,1-2H3. The van der Waals surface area contributed by atoms with Crippen molar-refractivity contribution in [2.75, 3.05) is 12.9 Å². The molecular formula is C9H12ClNO4S. The molecule has 0 spiro atoms. The van der Waals surface area contributed by atoms with Gasteiger partial charge in [0, 0.05) is 11.8 Å². The lowest BCUT2D eigenvalue weighted by Crippen LogP contribution is -2.04. The van der Waals surface area contributed by atoms with Crippen LogP contribution in [-0.4, -0.2) is 26.3 Å². The van der Waals surface area contributed by atoms with E-state index in [1.165, 1.54) is 6.20 Å². The van der Waals surface area contributed by atoms with E-state index >= 15 is 0 Å². The van der Waals surface area contributed by atoms with Crippen LogP contribution in [0.4, 0.5) is 0 Å². The number of ether oxygens (including phenoxy) is 1. The molecule has 1 aromatic rings. The van der Waals surface area contributed by atoms with Crippen molar-refractivity contribution < 1.29 is 17.3 Å². The van der Waals surface area contributed by atoms with Crippen LogP contribution in [-0.2, 0) is 20.9 Å². The predicted octanol–water partition coefficient (Wildman–Crippen LogP) is 1.61. The summed E-state index contributed by atoms with van der Waals surface area (Å²) in [5.41, 5.74) is 0.519. The Morgan fingerprint density at radius 2 is 2.19 bits per heavy atom. The van der Waals surface area contributed by atoms with Crippen LogP contribution in [0.1, 0.15) is 12.5 Å². The molecule has 0 aliphatic rings. The number of pyridine rings is 1. The molecule has 0 bridgehead atoms. The van der Waals surface area contributed by atoms with Crippen molar-refractivity contribution in [3.8, 4) is 5.88 Å². The van der Waals surface area contributed by atoms with Gasteiger partial charge in [-0.3, -0.25) is 4.18 Å². The smallest absolute Gasteiger partial charge is 0.264 e. The molecule has 0 aliphatic carbocycles. The second-order valence-electron chi connectivity index (χ2n) is 2.99. The fourth-order valence-electron chi connectivity index (χ4n) is 0.981. The van der Waals surface area contributed by atoms with Crippen LogP contribution in [0.3, 0.4) is 0 Å². The SMILES string of the molecule is CCOc1nccc(COS(C)(=O)=O)c1Cl. The van der Waals surface area contributed by atoms with Gasteiger partial charge in [0.25, 0.3) is 10.1 Å². The third-order valence-corrected chi connectivity index (χ3v) is 2.60. The molecule has 0 saturated carbocycles. The van der Waals surface area contributed by atoms with Gasteiger partial charge in [0.1, 0.15) is 5.02 Å². The minimum Gasteiger partial charge on any atom is -0.477 e. The number of hydrogen-bond acceptors (Lipinski definition) is 5. The number of nitrogens with zero attached hydrogens (tertiary/aromatic N) is 1. The fraction of sp³-hybridized carbons (Fsp3) is 0.444. The van der Waals surface area contributed by atoms with E-state index in [2.05, 4.69) is 9.17 Å². The van der Waals surface area contributed by atoms with Gasteiger partial charge >= 0.3 is 0 Å². The topological polar surface area (TPSA) is 65.5 Å². The first-order chi connectivity index (χ1) is 7.44. The molecule has 0 N–H and O–H groups in total. The molecule has 16 heavy (non-hydrogen) atoms. The van der Waals surface area contributed by atoms with Gasteiger partial charge in [0.2, 0.25) is 5.88 Å². The van der Waals surface area contributed by atoms with Crippen molar-refractivity contribution in [1.29, 1.82) is 0 Å². The lowest BCUT2D eigenvalue weighted by molar-refractivity contribution is 0.305. The Morgan fingerprint density at radius 3 is 2.75 bits per heavy atom. The molecule has 1 aromatic heterocycles. The maximum atomic E-state index is 10.8. The van der Waals surface area contributed by atoms with Gasteiger partial charge in [-0.1, -0.05) is 11.6 Å². The minimum absolute atomic E-state index is 0.125. The zero-order valence-electron chi connectivity index (χ0n) is 8.94. The van der Waals surface area contributed by atoms with Gasteiger partial charge in [-0.15, -0.1) is 0 Å². The molecule has 0 saturated heterocycles. The molecule has 1 heterocycles. The molecule has 0 amide bonds. The van der Waals surface area contributed by atoms with Crippen LogP contribution in [0.5, 0.6) is 5.88 Å². The molecular weight excluding hydrogens is 254 g/mol. The van der Waals surface area contributed by atoms with Crippen molar-refractivity contribution in [1.82, 2.24) is 4.98 Å². The second kappa shape index (κ2) is 5.47. The van der Waals surface area contributed by atoms with E-state index in [1.807, 2.05) is 0 Å². The number of hydrogen-bond donors (Lipinski definition) is 0. The van der Waals surface area contributed by atoms with E-state index in [0.29, 0.717) is 12.2 Å². The van der Waals surface area contributed by atoms with Crippen LogP contribution in [0.15, 0.2) is 12.3 Å². The number of rotatable bonds is 5. The molecule has 7 heteroatoms. The van der Waals surface area contributed by atoms with Gasteiger partial charge in [-0.05, 0) is 13.0 Å². The highest BCUT2D eigenvalue weighted by atomic mass is 35.5. The van der Waals surface area contributed by atoms with Gasteiger partial charge in [0.15, 0.2) is 0 Å². The zero-order valence-corrected chi connectivity index (χ0v) is 10.5. The first-order valence-corrected chi connectivity index (χ1v) is 6.74. The van der Waals surface area contributed by atoms with E-state index < -0.39 is 10.1 Å². The predicted molar refractivity (Wildman–Crippen MR) is 60.0 cm³/mol. The van der Waals surface area contributed by atoms with Crippen LogP contribution in [0.25, 0.3) is 0 Å². The average Bonchev–Trinajstić information content (AvgIpc) is 2.18. The molecule has 0 atom stereocenters. The Kier molecular flexibility index (Phi) is 4.52. The third kappa shape index (κ3) is 3.96. The molecule has 5 nitrogen and oxygen atoms in total. The molecule has 0 radical (unpaired) electrons. The molecule has 0 fully saturated rings. The molecule has 90 valence electrons. The fourth-order valence-corrected chi connectivity index (χ4v) is 1.54. The highest BCUT2D eigenvalue weighted by molar-refractivity contribution is 7.85. The molecule has 0 unspecified atom stereocenters. The van der Waals surface area contributed by atoms with Crippen molar-refractivity contribution in [2.45, 2.75) is 13.5 Å². The van der Waals surface area contributed by atoms with Crippen LogP contribution >= 0.6 is 11.6 Å². The van der Waals surface area contributed by atoms with E-state index in [4.69, 9.17) is 16.3 Å². The van der Waals surface area contributed by atoms with Gasteiger partial charge < -0.3 is 4.74 Å². The molecule has 0 aromatic carbocycles. The molecule has 0 aliphatic heterocycles. The first-order valence-electron chi connectivity index (χ1n) is 4.54. The molecule has 1 rings (SSSR count). The Labute approximate surface area is 99.5 Å². The average molecular weight is 266 g/mol. The van der Waals surface area contributed by atoms with Crippen molar-refractivity contribution in [3.63, 3.8) is 0 Å². The summed E-state index contributed by atoms with van der Waals surface area (Å²) in [5, 5.41) is 0.271. The lowest BCUT2D eigenvalue weighted by Gasteiger charge is -2.08. The van der Waals surface area contributed by atoms with E-state index in [-0.39, 0.29) is 17.5 Å². The normalized spacial score (nSPS) is 11.4. The van der Waals surface area contributed by atoms with Gasteiger partial charge in [-0.2, -0.15) is 8.42 Å². The third-order valence-electron chi connectivity index (χ3n) is 1.65. The van der Waals surface area contributed by atoms with Crippen molar-refractivity contribution in [2.24, 2.45) is 0 Å². The van der Waals surface area contributed by atoms with E-state index in [1.54, 1.807) is 13.0 Å². The summed E-state index contributed by atoms with van der Waals surface area (Å²) >= 11 is 5.95. The summed E-state index contributed by atoms with van der Waals surface area (Å²) in [7, 11) is -3.48. The largest absolute Gasteiger partial charge is 0.477 e. The maximum absolute atomic E-state index is 10.8. The minimum atomic E-state index is -3.48. The van der Waals surface area contributed by atoms with Crippen molar-refractivity contribution in [3.05, 3.63) is 22.8 Å². The first kappa shape index (κ1) is 13.2. The highest BCUT2D eigenvalue weighted by Crippen LogP contribution is 2.26. The summed E-state index contributed by atoms with van der Waals surface area (Å²) in [6.45, 7) is 2.11. The van der Waals surface area contributed by atoms with Crippen LogP contribution in [0.2, 0.25) is 5.02 Å². The Hall–Kier alpha value is -0.850. The summed E-state index contributed by atoms with van der Waals surface area (Å²) < 4.78 is 31.4. The zero-order chi connectivity index (χ0) is 12.2. The van der Waals surface area contributed by atoms with Crippen LogP contribution < -0.4 is 4.74 Å². The highest BCUT2D eigenvalue weighted by Gasteiger charge is 2.10. The van der Waals surface area contributed by atoms with Crippen molar-refractivity contribution >= 4 is 21.7 Å². The van der Waals surface area contributed by atoms with Crippen LogP contribution in [0, 0.1) is 0 Å². The second-order valence-corrected chi connectivity index (χ2v) is 5.01. The maximum Gasteiger partial charge on any atom is 0.264 e. The van der Waals surface area contributed by atoms with E-state index in [0.717, 1.165) is 6.26 Å². The Balaban J connectivity index is 2.85. The summed E-state index contributed by atoms with van der Waals surface area (Å²) in [6, 6.07) is 1.58. The van der Waals surface area contributed by atoms with E-state index in [9.17, 15) is 8.42 Å².